The van der Waals surface area contributed by atoms with E-state index >= 15 is 0 Å². The lowest BCUT2D eigenvalue weighted by Crippen LogP contribution is -2.36. The second-order valence-corrected chi connectivity index (χ2v) is 5.62. The highest BCUT2D eigenvalue weighted by Crippen LogP contribution is 2.35. The van der Waals surface area contributed by atoms with Gasteiger partial charge in [0.05, 0.1) is 13.2 Å². The van der Waals surface area contributed by atoms with Gasteiger partial charge in [-0.15, -0.1) is 0 Å². The van der Waals surface area contributed by atoms with Crippen LogP contribution < -0.4 is 4.74 Å². The van der Waals surface area contributed by atoms with Gasteiger partial charge in [0.25, 0.3) is 0 Å². The first-order valence-corrected chi connectivity index (χ1v) is 7.56. The molecule has 22 heavy (non-hydrogen) atoms. The monoisotopic (exact) mass is 297 g/mol. The molecule has 0 radical (unpaired) electrons. The number of carbonyl (C=O) groups is 1. The number of allylic oxidation sites excluding steroid dienone is 1. The van der Waals surface area contributed by atoms with E-state index in [-0.39, 0.29) is 6.04 Å². The highest BCUT2D eigenvalue weighted by atomic mass is 16.5. The summed E-state index contributed by atoms with van der Waals surface area (Å²) < 4.78 is 5.20. The molecule has 4 heteroatoms. The van der Waals surface area contributed by atoms with Gasteiger partial charge in [-0.1, -0.05) is 17.9 Å². The number of rotatable bonds is 1. The molecule has 1 fully saturated rings. The van der Waals surface area contributed by atoms with Crippen LogP contribution in [-0.2, 0) is 0 Å². The Bertz CT molecular complexity index is 681. The van der Waals surface area contributed by atoms with Gasteiger partial charge in [-0.25, -0.2) is 4.79 Å². The number of methoxy groups -OCH3 is 1. The number of nitrogens with zero attached hydrogens (tertiary/aromatic N) is 1. The van der Waals surface area contributed by atoms with Gasteiger partial charge in [-0.05, 0) is 49.5 Å². The first kappa shape index (κ1) is 14.5. The molecular formula is C18H19NO3. The third-order valence-corrected chi connectivity index (χ3v) is 4.37. The molecule has 1 aliphatic carbocycles. The van der Waals surface area contributed by atoms with Crippen LogP contribution in [-0.4, -0.2) is 35.8 Å². The van der Waals surface area contributed by atoms with Crippen LogP contribution in [0.2, 0.25) is 0 Å². The average Bonchev–Trinajstić information content (AvgIpc) is 2.98. The molecule has 1 unspecified atom stereocenters. The lowest BCUT2D eigenvalue weighted by Gasteiger charge is -2.26. The van der Waals surface area contributed by atoms with Gasteiger partial charge in [0, 0.05) is 17.7 Å². The van der Waals surface area contributed by atoms with E-state index in [0.717, 1.165) is 42.6 Å². The summed E-state index contributed by atoms with van der Waals surface area (Å²) in [4.78, 5) is 12.8. The lowest BCUT2D eigenvalue weighted by atomic mass is 9.88. The molecular weight excluding hydrogens is 278 g/mol. The molecule has 1 heterocycles. The summed E-state index contributed by atoms with van der Waals surface area (Å²) in [6, 6.07) is 7.73. The number of carboxylic acid groups (broad SMARTS) is 1. The SMILES string of the molecule is COc1cccc(C#CC2=C3CCN(C(=O)O)C3CCC2)c1. The maximum absolute atomic E-state index is 11.3. The van der Waals surface area contributed by atoms with Crippen LogP contribution in [0.25, 0.3) is 0 Å². The van der Waals surface area contributed by atoms with E-state index in [1.54, 1.807) is 12.0 Å². The number of hydrogen-bond donors (Lipinski definition) is 1. The zero-order chi connectivity index (χ0) is 15.5. The number of benzene rings is 1. The van der Waals surface area contributed by atoms with Crippen molar-refractivity contribution in [1.82, 2.24) is 4.90 Å². The standard InChI is InChI=1S/C18H19NO3/c1-22-15-6-2-4-13(12-15)8-9-14-5-3-7-17-16(14)10-11-19(17)18(20)21/h2,4,6,12,17H,3,5,7,10-11H2,1H3,(H,20,21). The van der Waals surface area contributed by atoms with Crippen molar-refractivity contribution in [2.75, 3.05) is 13.7 Å². The Balaban J connectivity index is 1.87. The van der Waals surface area contributed by atoms with Crippen molar-refractivity contribution in [2.45, 2.75) is 31.7 Å². The van der Waals surface area contributed by atoms with Crippen molar-refractivity contribution in [3.05, 3.63) is 41.0 Å². The molecule has 1 aromatic rings. The second kappa shape index (κ2) is 6.15. The molecule has 0 spiro atoms. The Kier molecular flexibility index (Phi) is 4.06. The summed E-state index contributed by atoms with van der Waals surface area (Å²) in [6.45, 7) is 0.597. The summed E-state index contributed by atoms with van der Waals surface area (Å²) in [5, 5.41) is 9.26. The molecule has 1 aliphatic heterocycles. The first-order chi connectivity index (χ1) is 10.7. The number of amides is 1. The minimum Gasteiger partial charge on any atom is -0.497 e. The fourth-order valence-corrected chi connectivity index (χ4v) is 3.29. The Morgan fingerprint density at radius 1 is 1.36 bits per heavy atom. The van der Waals surface area contributed by atoms with Gasteiger partial charge in [-0.3, -0.25) is 0 Å². The predicted octanol–water partition coefficient (Wildman–Crippen LogP) is 3.28. The minimum atomic E-state index is -0.818. The van der Waals surface area contributed by atoms with Crippen LogP contribution in [0, 0.1) is 11.8 Å². The molecule has 0 saturated carbocycles. The predicted molar refractivity (Wildman–Crippen MR) is 83.9 cm³/mol. The smallest absolute Gasteiger partial charge is 0.407 e. The van der Waals surface area contributed by atoms with E-state index in [1.165, 1.54) is 5.57 Å². The van der Waals surface area contributed by atoms with Gasteiger partial charge in [0.1, 0.15) is 5.75 Å². The van der Waals surface area contributed by atoms with Crippen LogP contribution in [0.15, 0.2) is 35.4 Å². The molecule has 4 nitrogen and oxygen atoms in total. The number of ether oxygens (including phenoxy) is 1. The zero-order valence-corrected chi connectivity index (χ0v) is 12.6. The van der Waals surface area contributed by atoms with Gasteiger partial charge < -0.3 is 14.7 Å². The molecule has 0 aromatic heterocycles. The van der Waals surface area contributed by atoms with E-state index in [2.05, 4.69) is 11.8 Å². The van der Waals surface area contributed by atoms with E-state index in [9.17, 15) is 9.90 Å². The van der Waals surface area contributed by atoms with E-state index < -0.39 is 6.09 Å². The van der Waals surface area contributed by atoms with Gasteiger partial charge in [-0.2, -0.15) is 0 Å². The largest absolute Gasteiger partial charge is 0.497 e. The lowest BCUT2D eigenvalue weighted by molar-refractivity contribution is 0.140. The number of hydrogen-bond acceptors (Lipinski definition) is 2. The third kappa shape index (κ3) is 2.80. The number of fused-ring (bicyclic) bond motifs is 1. The van der Waals surface area contributed by atoms with Crippen molar-refractivity contribution >= 4 is 6.09 Å². The van der Waals surface area contributed by atoms with Crippen molar-refractivity contribution in [3.8, 4) is 17.6 Å². The maximum atomic E-state index is 11.3. The molecule has 1 saturated heterocycles. The summed E-state index contributed by atoms with van der Waals surface area (Å²) >= 11 is 0. The Morgan fingerprint density at radius 3 is 3.00 bits per heavy atom. The third-order valence-electron chi connectivity index (χ3n) is 4.37. The maximum Gasteiger partial charge on any atom is 0.407 e. The Hall–Kier alpha value is -2.41. The van der Waals surface area contributed by atoms with Crippen molar-refractivity contribution in [1.29, 1.82) is 0 Å². The van der Waals surface area contributed by atoms with Gasteiger partial charge in [0.2, 0.25) is 0 Å². The summed E-state index contributed by atoms with van der Waals surface area (Å²) in [6.07, 6.45) is 2.88. The van der Waals surface area contributed by atoms with Crippen LogP contribution in [0.4, 0.5) is 4.79 Å². The van der Waals surface area contributed by atoms with E-state index in [0.29, 0.717) is 6.54 Å². The summed E-state index contributed by atoms with van der Waals surface area (Å²) in [5.74, 6) is 7.26. The van der Waals surface area contributed by atoms with E-state index in [1.807, 2.05) is 24.3 Å². The van der Waals surface area contributed by atoms with Gasteiger partial charge in [0.15, 0.2) is 0 Å². The molecule has 1 aromatic carbocycles. The highest BCUT2D eigenvalue weighted by Gasteiger charge is 2.35. The van der Waals surface area contributed by atoms with Crippen molar-refractivity contribution in [2.24, 2.45) is 0 Å². The van der Waals surface area contributed by atoms with Crippen LogP contribution in [0.3, 0.4) is 0 Å². The van der Waals surface area contributed by atoms with E-state index in [4.69, 9.17) is 4.74 Å². The van der Waals surface area contributed by atoms with Crippen LogP contribution in [0.5, 0.6) is 5.75 Å². The Labute approximate surface area is 130 Å². The average molecular weight is 297 g/mol. The van der Waals surface area contributed by atoms with Crippen molar-refractivity contribution in [3.63, 3.8) is 0 Å². The second-order valence-electron chi connectivity index (χ2n) is 5.62. The van der Waals surface area contributed by atoms with Crippen molar-refractivity contribution < 1.29 is 14.6 Å². The quantitative estimate of drug-likeness (QED) is 0.809. The van der Waals surface area contributed by atoms with Crippen LogP contribution in [0.1, 0.15) is 31.2 Å². The molecule has 1 atom stereocenters. The molecule has 1 N–H and O–H groups in total. The molecule has 0 bridgehead atoms. The highest BCUT2D eigenvalue weighted by molar-refractivity contribution is 5.67. The molecule has 3 rings (SSSR count). The first-order valence-electron chi connectivity index (χ1n) is 7.56. The normalized spacial score (nSPS) is 20.2. The minimum absolute atomic E-state index is 0.0425. The molecule has 2 aliphatic rings. The topological polar surface area (TPSA) is 49.8 Å². The Morgan fingerprint density at radius 2 is 2.23 bits per heavy atom. The van der Waals surface area contributed by atoms with Gasteiger partial charge >= 0.3 is 6.09 Å². The van der Waals surface area contributed by atoms with Crippen LogP contribution >= 0.6 is 0 Å². The molecule has 1 amide bonds. The molecule has 114 valence electrons. The number of likely N-dealkylation sites (tertiary alicyclic amines) is 1. The summed E-state index contributed by atoms with van der Waals surface area (Å²) in [5.41, 5.74) is 3.27. The zero-order valence-electron chi connectivity index (χ0n) is 12.6. The summed E-state index contributed by atoms with van der Waals surface area (Å²) in [7, 11) is 1.64. The fraction of sp³-hybridized carbons (Fsp3) is 0.389. The fourth-order valence-electron chi connectivity index (χ4n) is 3.29.